The molecule has 0 radical (unpaired) electrons. The Hall–Kier alpha value is -4.98. The zero-order valence-electron chi connectivity index (χ0n) is 28.0. The lowest BCUT2D eigenvalue weighted by Crippen LogP contribution is -2.35. The van der Waals surface area contributed by atoms with Crippen LogP contribution in [0.1, 0.15) is 53.1 Å². The first-order valence-corrected chi connectivity index (χ1v) is 20.3. The molecule has 0 N–H and O–H groups in total. The van der Waals surface area contributed by atoms with Crippen LogP contribution in [0.5, 0.6) is 0 Å². The summed E-state index contributed by atoms with van der Waals surface area (Å²) in [6.07, 6.45) is 4.44. The number of unbranched alkanes of at least 4 members (excludes halogenated alkanes) is 1. The first-order chi connectivity index (χ1) is 23.6. The van der Waals surface area contributed by atoms with Gasteiger partial charge in [-0.15, -0.1) is 0 Å². The van der Waals surface area contributed by atoms with Gasteiger partial charge in [-0.2, -0.15) is 0 Å². The van der Waals surface area contributed by atoms with Crippen molar-refractivity contribution in [2.45, 2.75) is 45.2 Å². The van der Waals surface area contributed by atoms with E-state index in [4.69, 9.17) is 0 Å². The monoisotopic (exact) mass is 634 g/mol. The molecule has 0 saturated carbocycles. The topological polar surface area (TPSA) is 0 Å². The third-order valence-corrected chi connectivity index (χ3v) is 15.4. The third kappa shape index (κ3) is 5.43. The predicted molar refractivity (Wildman–Crippen MR) is 209 cm³/mol. The Bertz CT molecular complexity index is 1980. The largest absolute Gasteiger partial charge is 0.117 e. The Morgan fingerprint density at radius 1 is 0.417 bits per heavy atom. The summed E-state index contributed by atoms with van der Waals surface area (Å²) in [5.41, 5.74) is 16.8. The molecule has 0 nitrogen and oxygen atoms in total. The molecule has 0 aliphatic heterocycles. The molecular weight excluding hydrogens is 593 g/mol. The zero-order valence-corrected chi connectivity index (χ0v) is 29.0. The summed E-state index contributed by atoms with van der Waals surface area (Å²) in [5, 5.41) is 3.31. The van der Waals surface area contributed by atoms with E-state index in [0.29, 0.717) is 0 Å². The summed E-state index contributed by atoms with van der Waals surface area (Å²) in [4.78, 5) is 0. The number of benzene rings is 6. The van der Waals surface area contributed by atoms with Crippen LogP contribution in [-0.4, -0.2) is 8.07 Å². The van der Waals surface area contributed by atoms with E-state index in [2.05, 4.69) is 171 Å². The molecule has 6 aromatic carbocycles. The average molecular weight is 635 g/mol. The van der Waals surface area contributed by atoms with Crippen LogP contribution in [0.15, 0.2) is 158 Å². The fourth-order valence-corrected chi connectivity index (χ4v) is 13.7. The Morgan fingerprint density at radius 3 is 1.19 bits per heavy atom. The van der Waals surface area contributed by atoms with Crippen molar-refractivity contribution < 1.29 is 0 Å². The molecule has 8 rings (SSSR count). The second kappa shape index (κ2) is 12.9. The lowest BCUT2D eigenvalue weighted by molar-refractivity contribution is 0.873. The molecule has 2 aliphatic carbocycles. The zero-order chi connectivity index (χ0) is 32.5. The molecule has 0 bridgehead atoms. The van der Waals surface area contributed by atoms with E-state index in [1.807, 2.05) is 0 Å². The van der Waals surface area contributed by atoms with Crippen molar-refractivity contribution >= 4 is 29.6 Å². The maximum atomic E-state index is 2.70. The maximum Gasteiger partial charge on any atom is 0.117 e. The van der Waals surface area contributed by atoms with Crippen molar-refractivity contribution in [3.8, 4) is 22.3 Å². The lowest BCUT2D eigenvalue weighted by atomic mass is 9.99. The van der Waals surface area contributed by atoms with Gasteiger partial charge in [-0.05, 0) is 96.1 Å². The summed E-state index contributed by atoms with van der Waals surface area (Å²) in [6, 6.07) is 60.2. The van der Waals surface area contributed by atoms with E-state index in [1.54, 1.807) is 10.4 Å². The van der Waals surface area contributed by atoms with Gasteiger partial charge >= 0.3 is 0 Å². The fourth-order valence-electron chi connectivity index (χ4n) is 8.37. The minimum atomic E-state index is -2.29. The standard InChI is InChI=1S/C47H42Si/c1-3-4-31-48(2,46-42-21-13-11-19-40(42)32-44(46)38-27-23-36(24-28-38)34-15-7-5-8-16-34)47-43-22-14-12-20-41(43)33-45(47)39-29-25-37(26-30-39)35-17-9-6-10-18-35/h5-30H,3-4,31-33H2,1-2H3. The quantitative estimate of drug-likeness (QED) is 0.139. The van der Waals surface area contributed by atoms with Crippen molar-refractivity contribution in [2.24, 2.45) is 0 Å². The molecule has 0 heterocycles. The van der Waals surface area contributed by atoms with Crippen LogP contribution in [0.3, 0.4) is 0 Å². The smallest absolute Gasteiger partial charge is 0.0654 e. The summed E-state index contributed by atoms with van der Waals surface area (Å²) < 4.78 is 0. The average Bonchev–Trinajstić information content (AvgIpc) is 3.75. The van der Waals surface area contributed by atoms with Gasteiger partial charge in [0.25, 0.3) is 0 Å². The highest BCUT2D eigenvalue weighted by molar-refractivity contribution is 7.11. The predicted octanol–water partition coefficient (Wildman–Crippen LogP) is 12.6. The second-order valence-corrected chi connectivity index (χ2v) is 17.9. The molecule has 0 unspecified atom stereocenters. The number of hydrogen-bond donors (Lipinski definition) is 0. The number of fused-ring (bicyclic) bond motifs is 2. The molecule has 48 heavy (non-hydrogen) atoms. The van der Waals surface area contributed by atoms with Gasteiger partial charge in [0, 0.05) is 0 Å². The van der Waals surface area contributed by atoms with E-state index in [1.165, 1.54) is 85.7 Å². The highest BCUT2D eigenvalue weighted by Crippen LogP contribution is 2.54. The molecule has 0 atom stereocenters. The van der Waals surface area contributed by atoms with Crippen molar-refractivity contribution in [3.05, 3.63) is 191 Å². The second-order valence-electron chi connectivity index (χ2n) is 13.7. The first-order valence-electron chi connectivity index (χ1n) is 17.6. The van der Waals surface area contributed by atoms with Gasteiger partial charge in [-0.3, -0.25) is 0 Å². The van der Waals surface area contributed by atoms with Crippen LogP contribution in [0.25, 0.3) is 43.8 Å². The van der Waals surface area contributed by atoms with Gasteiger partial charge in [0.1, 0.15) is 8.07 Å². The number of allylic oxidation sites excluding steroid dienone is 2. The minimum absolute atomic E-state index is 1.00. The molecule has 0 spiro atoms. The maximum absolute atomic E-state index is 2.70. The third-order valence-electron chi connectivity index (χ3n) is 10.7. The van der Waals surface area contributed by atoms with Crippen molar-refractivity contribution in [2.75, 3.05) is 0 Å². The van der Waals surface area contributed by atoms with Gasteiger partial charge < -0.3 is 0 Å². The van der Waals surface area contributed by atoms with Crippen LogP contribution < -0.4 is 0 Å². The summed E-state index contributed by atoms with van der Waals surface area (Å²) in [7, 11) is -2.29. The Labute approximate surface area is 287 Å². The molecule has 1 heteroatoms. The fraction of sp³-hybridized carbons (Fsp3) is 0.149. The van der Waals surface area contributed by atoms with Gasteiger partial charge in [0.05, 0.1) is 0 Å². The molecule has 0 aromatic heterocycles. The van der Waals surface area contributed by atoms with Gasteiger partial charge in [0.2, 0.25) is 0 Å². The lowest BCUT2D eigenvalue weighted by Gasteiger charge is -2.35. The van der Waals surface area contributed by atoms with Gasteiger partial charge in [-0.1, -0.05) is 184 Å². The number of hydrogen-bond acceptors (Lipinski definition) is 0. The molecule has 6 aromatic rings. The summed E-state index contributed by atoms with van der Waals surface area (Å²) in [6.45, 7) is 5.06. The van der Waals surface area contributed by atoms with Crippen LogP contribution >= 0.6 is 0 Å². The molecule has 234 valence electrons. The SMILES string of the molecule is CCCC[Si](C)(C1=C(c2ccc(-c3ccccc3)cc2)Cc2ccccc21)C1=C(c2ccc(-c3ccccc3)cc2)Cc2ccccc21. The normalized spacial score (nSPS) is 14.0. The van der Waals surface area contributed by atoms with Gasteiger partial charge in [-0.25, -0.2) is 0 Å². The van der Waals surface area contributed by atoms with Crippen molar-refractivity contribution in [3.63, 3.8) is 0 Å². The molecule has 0 amide bonds. The molecule has 0 saturated heterocycles. The Kier molecular flexibility index (Phi) is 8.16. The first kappa shape index (κ1) is 30.4. The van der Waals surface area contributed by atoms with Crippen LogP contribution in [0.4, 0.5) is 0 Å². The van der Waals surface area contributed by atoms with Crippen molar-refractivity contribution in [1.82, 2.24) is 0 Å². The van der Waals surface area contributed by atoms with E-state index >= 15 is 0 Å². The van der Waals surface area contributed by atoms with Crippen LogP contribution in [0, 0.1) is 0 Å². The minimum Gasteiger partial charge on any atom is -0.0654 e. The summed E-state index contributed by atoms with van der Waals surface area (Å²) >= 11 is 0. The van der Waals surface area contributed by atoms with E-state index < -0.39 is 8.07 Å². The Morgan fingerprint density at radius 2 is 0.771 bits per heavy atom. The Balaban J connectivity index is 1.33. The molecule has 2 aliphatic rings. The van der Waals surface area contributed by atoms with E-state index in [0.717, 1.165) is 12.8 Å². The number of rotatable bonds is 9. The van der Waals surface area contributed by atoms with E-state index in [-0.39, 0.29) is 0 Å². The van der Waals surface area contributed by atoms with Gasteiger partial charge in [0.15, 0.2) is 0 Å². The van der Waals surface area contributed by atoms with E-state index in [9.17, 15) is 0 Å². The highest BCUT2D eigenvalue weighted by atomic mass is 28.3. The van der Waals surface area contributed by atoms with Crippen LogP contribution in [-0.2, 0) is 12.8 Å². The molecular formula is C47H42Si. The van der Waals surface area contributed by atoms with Crippen LogP contribution in [0.2, 0.25) is 12.6 Å². The summed E-state index contributed by atoms with van der Waals surface area (Å²) in [5.74, 6) is 0. The molecule has 0 fully saturated rings. The van der Waals surface area contributed by atoms with Crippen molar-refractivity contribution in [1.29, 1.82) is 0 Å². The highest BCUT2D eigenvalue weighted by Gasteiger charge is 2.45.